The highest BCUT2D eigenvalue weighted by molar-refractivity contribution is 5.67. The lowest BCUT2D eigenvalue weighted by Gasteiger charge is -2.11. The van der Waals surface area contributed by atoms with E-state index in [4.69, 9.17) is 15.9 Å². The van der Waals surface area contributed by atoms with Crippen molar-refractivity contribution in [3.8, 4) is 0 Å². The number of hydrogen-bond acceptors (Lipinski definition) is 14. The third-order valence-corrected chi connectivity index (χ3v) is 3.75. The minimum Gasteiger partial charge on any atom is -0.481 e. The van der Waals surface area contributed by atoms with Gasteiger partial charge in [-0.15, -0.1) is 0 Å². The molecule has 33 heavy (non-hydrogen) atoms. The molecule has 0 saturated carbocycles. The SMILES string of the molecule is Cc1nc(NCCNc2nc(NCCN)nc(NCCC(=O)O)n2)nc(NCCC(=O)O)n1. The Kier molecular flexibility index (Phi) is 10.2. The van der Waals surface area contributed by atoms with Gasteiger partial charge in [0.05, 0.1) is 12.8 Å². The third kappa shape index (κ3) is 10.2. The first-order chi connectivity index (χ1) is 15.9. The second-order valence-electron chi connectivity index (χ2n) is 6.55. The van der Waals surface area contributed by atoms with Gasteiger partial charge in [-0.1, -0.05) is 0 Å². The number of carboxylic acid groups (broad SMARTS) is 2. The molecule has 0 radical (unpaired) electrons. The molecule has 0 atom stereocenters. The number of rotatable bonds is 16. The number of carboxylic acids is 2. The van der Waals surface area contributed by atoms with Crippen LogP contribution in [0.5, 0.6) is 0 Å². The summed E-state index contributed by atoms with van der Waals surface area (Å²) in [6.07, 6.45) is -0.138. The molecule has 2 aromatic heterocycles. The summed E-state index contributed by atoms with van der Waals surface area (Å²) in [5.41, 5.74) is 5.50. The Morgan fingerprint density at radius 3 is 1.33 bits per heavy atom. The Morgan fingerprint density at radius 1 is 0.636 bits per heavy atom. The van der Waals surface area contributed by atoms with Crippen molar-refractivity contribution in [2.75, 3.05) is 65.9 Å². The number of aromatic nitrogens is 6. The maximum absolute atomic E-state index is 10.7. The van der Waals surface area contributed by atoms with Crippen LogP contribution in [0.3, 0.4) is 0 Å². The van der Waals surface area contributed by atoms with Gasteiger partial charge in [-0.3, -0.25) is 9.59 Å². The highest BCUT2D eigenvalue weighted by Gasteiger charge is 2.08. The number of hydrogen-bond donors (Lipinski definition) is 8. The maximum atomic E-state index is 10.7. The molecule has 0 aromatic carbocycles. The molecule has 16 heteroatoms. The van der Waals surface area contributed by atoms with Gasteiger partial charge in [0.1, 0.15) is 5.82 Å². The van der Waals surface area contributed by atoms with E-state index in [2.05, 4.69) is 56.5 Å². The van der Waals surface area contributed by atoms with Gasteiger partial charge >= 0.3 is 11.9 Å². The smallest absolute Gasteiger partial charge is 0.305 e. The van der Waals surface area contributed by atoms with Crippen LogP contribution < -0.4 is 32.3 Å². The highest BCUT2D eigenvalue weighted by Crippen LogP contribution is 2.09. The third-order valence-electron chi connectivity index (χ3n) is 3.75. The Bertz CT molecular complexity index is 929. The van der Waals surface area contributed by atoms with E-state index in [1.165, 1.54) is 0 Å². The van der Waals surface area contributed by atoms with Gasteiger partial charge in [-0.25, -0.2) is 0 Å². The van der Waals surface area contributed by atoms with E-state index in [1.807, 2.05) is 0 Å². The largest absolute Gasteiger partial charge is 0.481 e. The van der Waals surface area contributed by atoms with Crippen molar-refractivity contribution in [1.82, 2.24) is 29.9 Å². The van der Waals surface area contributed by atoms with Crippen molar-refractivity contribution >= 4 is 41.7 Å². The lowest BCUT2D eigenvalue weighted by atomic mass is 10.4. The number of nitrogens with two attached hydrogens (primary N) is 1. The van der Waals surface area contributed by atoms with Crippen LogP contribution in [0.1, 0.15) is 18.7 Å². The molecule has 0 bridgehead atoms. The summed E-state index contributed by atoms with van der Waals surface area (Å²) in [6, 6.07) is 0. The first kappa shape index (κ1) is 25.2. The minimum atomic E-state index is -0.934. The molecule has 16 nitrogen and oxygen atoms in total. The van der Waals surface area contributed by atoms with E-state index in [1.54, 1.807) is 6.92 Å². The topological polar surface area (TPSA) is 238 Å². The number of nitrogens with one attached hydrogen (secondary N) is 5. The van der Waals surface area contributed by atoms with Gasteiger partial charge in [-0.2, -0.15) is 29.9 Å². The van der Waals surface area contributed by atoms with Gasteiger partial charge < -0.3 is 42.5 Å². The number of anilines is 5. The number of nitrogens with zero attached hydrogens (tertiary/aromatic N) is 6. The van der Waals surface area contributed by atoms with Crippen LogP contribution in [0.25, 0.3) is 0 Å². The molecular formula is C17H28N12O4. The summed E-state index contributed by atoms with van der Waals surface area (Å²) in [5.74, 6) is 0.0492. The Balaban J connectivity index is 1.91. The fourth-order valence-electron chi connectivity index (χ4n) is 2.35. The zero-order valence-corrected chi connectivity index (χ0v) is 18.1. The van der Waals surface area contributed by atoms with Gasteiger partial charge in [0, 0.05) is 39.3 Å². The molecule has 0 aliphatic heterocycles. The van der Waals surface area contributed by atoms with E-state index < -0.39 is 11.9 Å². The Morgan fingerprint density at radius 2 is 0.970 bits per heavy atom. The van der Waals surface area contributed by atoms with Crippen LogP contribution in [-0.2, 0) is 9.59 Å². The maximum Gasteiger partial charge on any atom is 0.305 e. The lowest BCUT2D eigenvalue weighted by Crippen LogP contribution is -2.20. The lowest BCUT2D eigenvalue weighted by molar-refractivity contribution is -0.137. The van der Waals surface area contributed by atoms with Crippen LogP contribution in [0.15, 0.2) is 0 Å². The molecule has 9 N–H and O–H groups in total. The van der Waals surface area contributed by atoms with Crippen molar-refractivity contribution < 1.29 is 19.8 Å². The molecule has 2 rings (SSSR count). The molecule has 0 unspecified atom stereocenters. The molecule has 2 aromatic rings. The van der Waals surface area contributed by atoms with Crippen molar-refractivity contribution in [2.45, 2.75) is 19.8 Å². The number of carbonyl (C=O) groups is 2. The van der Waals surface area contributed by atoms with Gasteiger partial charge in [0.15, 0.2) is 0 Å². The molecule has 0 aliphatic rings. The quantitative estimate of drug-likeness (QED) is 0.139. The van der Waals surface area contributed by atoms with Crippen molar-refractivity contribution in [3.63, 3.8) is 0 Å². The monoisotopic (exact) mass is 464 g/mol. The molecular weight excluding hydrogens is 436 g/mol. The molecule has 2 heterocycles. The van der Waals surface area contributed by atoms with Crippen LogP contribution in [0, 0.1) is 6.92 Å². The van der Waals surface area contributed by atoms with Crippen LogP contribution in [0.4, 0.5) is 29.7 Å². The minimum absolute atomic E-state index is 0.0569. The Hall–Kier alpha value is -4.08. The first-order valence-corrected chi connectivity index (χ1v) is 10.2. The summed E-state index contributed by atoms with van der Waals surface area (Å²) in [6.45, 7) is 3.73. The normalized spacial score (nSPS) is 10.4. The van der Waals surface area contributed by atoms with Crippen molar-refractivity contribution in [2.24, 2.45) is 5.73 Å². The second-order valence-corrected chi connectivity index (χ2v) is 6.55. The van der Waals surface area contributed by atoms with Gasteiger partial charge in [-0.05, 0) is 6.92 Å². The molecule has 0 fully saturated rings. The number of aliphatic carboxylic acids is 2. The fourth-order valence-corrected chi connectivity index (χ4v) is 2.35. The Labute approximate surface area is 189 Å². The van der Waals surface area contributed by atoms with E-state index in [-0.39, 0.29) is 43.8 Å². The standard InChI is InChI=1S/C17H28N12O4/c1-10-24-13(19-5-2-11(30)31)26-14(25-10)22-8-9-23-17-28-15(20-6-3-12(32)33)27-16(29-17)21-7-4-18/h2-9,18H2,1H3,(H,30,31)(H,32,33)(H2,19,22,24,25,26)(H3,20,21,23,27,28,29). The van der Waals surface area contributed by atoms with Crippen LogP contribution >= 0.6 is 0 Å². The molecule has 0 spiro atoms. The first-order valence-electron chi connectivity index (χ1n) is 10.2. The molecule has 0 amide bonds. The second kappa shape index (κ2) is 13.4. The molecule has 0 aliphatic carbocycles. The average molecular weight is 464 g/mol. The van der Waals surface area contributed by atoms with E-state index in [0.717, 1.165) is 0 Å². The zero-order chi connectivity index (χ0) is 24.1. The highest BCUT2D eigenvalue weighted by atomic mass is 16.4. The summed E-state index contributed by atoms with van der Waals surface area (Å²) in [4.78, 5) is 46.5. The van der Waals surface area contributed by atoms with E-state index in [9.17, 15) is 9.59 Å². The predicted molar refractivity (Wildman–Crippen MR) is 120 cm³/mol. The zero-order valence-electron chi connectivity index (χ0n) is 18.1. The summed E-state index contributed by atoms with van der Waals surface area (Å²) >= 11 is 0. The van der Waals surface area contributed by atoms with Gasteiger partial charge in [0.25, 0.3) is 0 Å². The van der Waals surface area contributed by atoms with Gasteiger partial charge in [0.2, 0.25) is 29.7 Å². The van der Waals surface area contributed by atoms with E-state index in [0.29, 0.717) is 43.9 Å². The summed E-state index contributed by atoms with van der Waals surface area (Å²) < 4.78 is 0. The molecule has 180 valence electrons. The van der Waals surface area contributed by atoms with Crippen molar-refractivity contribution in [1.29, 1.82) is 0 Å². The van der Waals surface area contributed by atoms with E-state index >= 15 is 0 Å². The molecule has 0 saturated heterocycles. The van der Waals surface area contributed by atoms with Crippen molar-refractivity contribution in [3.05, 3.63) is 5.82 Å². The summed E-state index contributed by atoms with van der Waals surface area (Å²) in [7, 11) is 0. The summed E-state index contributed by atoms with van der Waals surface area (Å²) in [5, 5.41) is 32.2. The average Bonchev–Trinajstić information content (AvgIpc) is 2.74. The fraction of sp³-hybridized carbons (Fsp3) is 0.529. The predicted octanol–water partition coefficient (Wildman–Crippen LogP) is -0.967. The van der Waals surface area contributed by atoms with Crippen LogP contribution in [-0.4, -0.2) is 91.3 Å². The number of aryl methyl sites for hydroxylation is 1. The van der Waals surface area contributed by atoms with Crippen LogP contribution in [0.2, 0.25) is 0 Å².